The molecule has 0 heterocycles. The molecule has 23 heavy (non-hydrogen) atoms. The average molecular weight is 309 g/mol. The van der Waals surface area contributed by atoms with Gasteiger partial charge >= 0.3 is 0 Å². The molecule has 0 spiro atoms. The topological polar surface area (TPSA) is 0 Å². The lowest BCUT2D eigenvalue weighted by atomic mass is 10.0. The highest BCUT2D eigenvalue weighted by Crippen LogP contribution is 2.17. The summed E-state index contributed by atoms with van der Waals surface area (Å²) in [5.41, 5.74) is 6.13. The maximum absolute atomic E-state index is 4.03. The van der Waals surface area contributed by atoms with Crippen LogP contribution in [0.4, 0.5) is 0 Å². The Balaban J connectivity index is 5.14. The molecular formula is C23H32. The maximum Gasteiger partial charge on any atom is -0.0133 e. The van der Waals surface area contributed by atoms with E-state index < -0.39 is 0 Å². The van der Waals surface area contributed by atoms with Gasteiger partial charge in [-0.2, -0.15) is 0 Å². The number of hydrogen-bond acceptors (Lipinski definition) is 0. The molecule has 0 aromatic carbocycles. The van der Waals surface area contributed by atoms with Crippen molar-refractivity contribution in [3.05, 3.63) is 96.2 Å². The van der Waals surface area contributed by atoms with Gasteiger partial charge in [-0.15, -0.1) is 6.58 Å². The van der Waals surface area contributed by atoms with Gasteiger partial charge in [0.25, 0.3) is 0 Å². The molecule has 0 radical (unpaired) electrons. The summed E-state index contributed by atoms with van der Waals surface area (Å²) in [6.07, 6.45) is 19.6. The lowest BCUT2D eigenvalue weighted by Gasteiger charge is -2.04. The van der Waals surface area contributed by atoms with Crippen molar-refractivity contribution in [2.24, 2.45) is 0 Å². The quantitative estimate of drug-likeness (QED) is 0.291. The summed E-state index contributed by atoms with van der Waals surface area (Å²) in [7, 11) is 0. The molecule has 0 aliphatic carbocycles. The van der Waals surface area contributed by atoms with Crippen molar-refractivity contribution in [3.8, 4) is 0 Å². The van der Waals surface area contributed by atoms with Crippen molar-refractivity contribution < 1.29 is 0 Å². The lowest BCUT2D eigenvalue weighted by molar-refractivity contribution is 1.07. The first-order valence-electron chi connectivity index (χ1n) is 8.29. The molecule has 0 atom stereocenters. The van der Waals surface area contributed by atoms with E-state index in [1.807, 2.05) is 19.1 Å². The van der Waals surface area contributed by atoms with Crippen molar-refractivity contribution in [2.45, 2.75) is 47.0 Å². The molecule has 0 N–H and O–H groups in total. The minimum Gasteiger partial charge on any atom is -0.103 e. The highest BCUT2D eigenvalue weighted by Gasteiger charge is 1.97. The molecule has 0 fully saturated rings. The molecule has 0 nitrogen and oxygen atoms in total. The third kappa shape index (κ3) is 8.83. The molecule has 0 amide bonds. The number of allylic oxidation sites excluding steroid dienone is 13. The van der Waals surface area contributed by atoms with E-state index in [-0.39, 0.29) is 0 Å². The summed E-state index contributed by atoms with van der Waals surface area (Å²) in [6.45, 7) is 20.1. The standard InChI is InChI=1S/C23H32/c1-8-12-13-14-22(10-3)23(11-4)18-16-20(7)15-17-21(9-2)19(5)6/h8,10-11,13-14,16-18H,1,4-5,9,12,15H2,2-3,6-7H3/b14-13-,20-16-,21-17-,22-10+,23-18+. The summed E-state index contributed by atoms with van der Waals surface area (Å²) in [5.74, 6) is 0. The molecule has 0 heteroatoms. The Kier molecular flexibility index (Phi) is 11.3. The molecule has 0 aliphatic heterocycles. The third-order valence-corrected chi connectivity index (χ3v) is 3.61. The Labute approximate surface area is 143 Å². The zero-order valence-electron chi connectivity index (χ0n) is 15.4. The fourth-order valence-corrected chi connectivity index (χ4v) is 2.14. The second-order valence-corrected chi connectivity index (χ2v) is 5.58. The molecule has 124 valence electrons. The smallest absolute Gasteiger partial charge is 0.0133 e. The van der Waals surface area contributed by atoms with E-state index in [1.54, 1.807) is 0 Å². The van der Waals surface area contributed by atoms with Crippen LogP contribution in [0.2, 0.25) is 0 Å². The molecule has 0 saturated carbocycles. The number of rotatable bonds is 10. The highest BCUT2D eigenvalue weighted by atomic mass is 14.0. The minimum absolute atomic E-state index is 0.877. The van der Waals surface area contributed by atoms with E-state index in [4.69, 9.17) is 0 Å². The van der Waals surface area contributed by atoms with Gasteiger partial charge in [0, 0.05) is 0 Å². The Morgan fingerprint density at radius 2 is 1.74 bits per heavy atom. The Morgan fingerprint density at radius 3 is 2.22 bits per heavy atom. The van der Waals surface area contributed by atoms with Gasteiger partial charge in [-0.05, 0) is 56.8 Å². The minimum atomic E-state index is 0.877. The summed E-state index contributed by atoms with van der Waals surface area (Å²) in [5, 5.41) is 0. The zero-order valence-corrected chi connectivity index (χ0v) is 15.4. The monoisotopic (exact) mass is 308 g/mol. The Morgan fingerprint density at radius 1 is 1.04 bits per heavy atom. The molecular weight excluding hydrogens is 276 g/mol. The van der Waals surface area contributed by atoms with Crippen molar-refractivity contribution in [2.75, 3.05) is 0 Å². The molecule has 0 aromatic rings. The average Bonchev–Trinajstić information content (AvgIpc) is 2.53. The van der Waals surface area contributed by atoms with Crippen LogP contribution in [-0.2, 0) is 0 Å². The normalized spacial score (nSPS) is 14.3. The van der Waals surface area contributed by atoms with Crippen molar-refractivity contribution in [1.29, 1.82) is 0 Å². The van der Waals surface area contributed by atoms with Gasteiger partial charge in [-0.3, -0.25) is 0 Å². The van der Waals surface area contributed by atoms with E-state index in [2.05, 4.69) is 77.0 Å². The van der Waals surface area contributed by atoms with Crippen LogP contribution in [-0.4, -0.2) is 0 Å². The van der Waals surface area contributed by atoms with E-state index >= 15 is 0 Å². The van der Waals surface area contributed by atoms with Crippen molar-refractivity contribution >= 4 is 0 Å². The van der Waals surface area contributed by atoms with Crippen molar-refractivity contribution in [1.82, 2.24) is 0 Å². The molecule has 0 rings (SSSR count). The first kappa shape index (κ1) is 20.9. The molecule has 0 bridgehead atoms. The van der Waals surface area contributed by atoms with E-state index in [0.717, 1.165) is 30.4 Å². The number of hydrogen-bond donors (Lipinski definition) is 0. The lowest BCUT2D eigenvalue weighted by Crippen LogP contribution is -1.84. The maximum atomic E-state index is 4.03. The van der Waals surface area contributed by atoms with Crippen molar-refractivity contribution in [3.63, 3.8) is 0 Å². The fourth-order valence-electron chi connectivity index (χ4n) is 2.14. The highest BCUT2D eigenvalue weighted by molar-refractivity contribution is 5.47. The van der Waals surface area contributed by atoms with Gasteiger partial charge in [0.2, 0.25) is 0 Å². The van der Waals surface area contributed by atoms with Gasteiger partial charge in [0.05, 0.1) is 0 Å². The molecule has 0 unspecified atom stereocenters. The predicted octanol–water partition coefficient (Wildman–Crippen LogP) is 7.43. The van der Waals surface area contributed by atoms with Gasteiger partial charge < -0.3 is 0 Å². The summed E-state index contributed by atoms with van der Waals surface area (Å²) in [4.78, 5) is 0. The Hall–Kier alpha value is -2.08. The van der Waals surface area contributed by atoms with Crippen LogP contribution in [0.25, 0.3) is 0 Å². The van der Waals surface area contributed by atoms with Crippen LogP contribution < -0.4 is 0 Å². The van der Waals surface area contributed by atoms with Gasteiger partial charge in [-0.1, -0.05) is 79.8 Å². The zero-order chi connectivity index (χ0) is 17.7. The SMILES string of the molecule is C=CC\C=C/C(=C\C)C(/C=C)=C/C=C(/C)C/C=C(/CC)C(=C)C. The van der Waals surface area contributed by atoms with Crippen LogP contribution >= 0.6 is 0 Å². The molecule has 0 saturated heterocycles. The predicted molar refractivity (Wildman–Crippen MR) is 108 cm³/mol. The summed E-state index contributed by atoms with van der Waals surface area (Å²) >= 11 is 0. The van der Waals surface area contributed by atoms with E-state index in [9.17, 15) is 0 Å². The van der Waals surface area contributed by atoms with Gasteiger partial charge in [0.15, 0.2) is 0 Å². The first-order valence-corrected chi connectivity index (χ1v) is 8.29. The van der Waals surface area contributed by atoms with Crippen LogP contribution in [0.3, 0.4) is 0 Å². The third-order valence-electron chi connectivity index (χ3n) is 3.61. The second kappa shape index (κ2) is 12.5. The van der Waals surface area contributed by atoms with Gasteiger partial charge in [0.1, 0.15) is 0 Å². The van der Waals surface area contributed by atoms with E-state index in [0.29, 0.717) is 0 Å². The Bertz CT molecular complexity index is 557. The van der Waals surface area contributed by atoms with Crippen LogP contribution in [0, 0.1) is 0 Å². The van der Waals surface area contributed by atoms with Gasteiger partial charge in [-0.25, -0.2) is 0 Å². The summed E-state index contributed by atoms with van der Waals surface area (Å²) < 4.78 is 0. The van der Waals surface area contributed by atoms with Crippen LogP contribution in [0.15, 0.2) is 96.2 Å². The van der Waals surface area contributed by atoms with Crippen LogP contribution in [0.5, 0.6) is 0 Å². The second-order valence-electron chi connectivity index (χ2n) is 5.58. The largest absolute Gasteiger partial charge is 0.103 e. The first-order chi connectivity index (χ1) is 11.0. The van der Waals surface area contributed by atoms with E-state index in [1.165, 1.54) is 16.7 Å². The molecule has 0 aliphatic rings. The molecule has 0 aromatic heterocycles. The summed E-state index contributed by atoms with van der Waals surface area (Å²) in [6, 6.07) is 0. The van der Waals surface area contributed by atoms with Crippen LogP contribution in [0.1, 0.15) is 47.0 Å². The fraction of sp³-hybridized carbons (Fsp3) is 0.304.